The molecule has 0 atom stereocenters. The van der Waals surface area contributed by atoms with E-state index in [1.807, 2.05) is 11.6 Å². The number of aryl methyl sites for hydroxylation is 1. The molecule has 0 aliphatic heterocycles. The summed E-state index contributed by atoms with van der Waals surface area (Å²) in [6.45, 7) is 6.30. The SMILES string of the molecule is Cc1c(C(=O)NCC2(C)CC2)cnn1CCCN. The van der Waals surface area contributed by atoms with Crippen molar-refractivity contribution in [2.24, 2.45) is 11.1 Å². The minimum atomic E-state index is -0.0142. The molecule has 100 valence electrons. The third-order valence-corrected chi connectivity index (χ3v) is 3.70. The minimum absolute atomic E-state index is 0.0142. The van der Waals surface area contributed by atoms with Crippen LogP contribution < -0.4 is 11.1 Å². The second-order valence-corrected chi connectivity index (χ2v) is 5.50. The molecule has 5 heteroatoms. The van der Waals surface area contributed by atoms with Gasteiger partial charge in [0.2, 0.25) is 0 Å². The Hall–Kier alpha value is -1.36. The zero-order valence-electron chi connectivity index (χ0n) is 11.2. The zero-order chi connectivity index (χ0) is 13.2. The highest BCUT2D eigenvalue weighted by atomic mass is 16.1. The summed E-state index contributed by atoms with van der Waals surface area (Å²) in [7, 11) is 0. The quantitative estimate of drug-likeness (QED) is 0.793. The molecule has 18 heavy (non-hydrogen) atoms. The number of hydrogen-bond acceptors (Lipinski definition) is 3. The molecular formula is C13H22N4O. The van der Waals surface area contributed by atoms with Crippen LogP contribution in [0.25, 0.3) is 0 Å². The summed E-state index contributed by atoms with van der Waals surface area (Å²) in [6.07, 6.45) is 4.95. The summed E-state index contributed by atoms with van der Waals surface area (Å²) in [5, 5.41) is 7.23. The molecule has 1 aromatic heterocycles. The van der Waals surface area contributed by atoms with E-state index in [0.717, 1.165) is 25.2 Å². The Morgan fingerprint density at radius 3 is 2.94 bits per heavy atom. The predicted molar refractivity (Wildman–Crippen MR) is 70.3 cm³/mol. The molecule has 0 saturated heterocycles. The third kappa shape index (κ3) is 2.90. The summed E-state index contributed by atoms with van der Waals surface area (Å²) in [4.78, 5) is 12.0. The molecule has 1 amide bonds. The van der Waals surface area contributed by atoms with Crippen molar-refractivity contribution in [2.75, 3.05) is 13.1 Å². The van der Waals surface area contributed by atoms with Crippen molar-refractivity contribution in [3.8, 4) is 0 Å². The first-order chi connectivity index (χ1) is 8.56. The first-order valence-corrected chi connectivity index (χ1v) is 6.56. The monoisotopic (exact) mass is 250 g/mol. The van der Waals surface area contributed by atoms with E-state index in [4.69, 9.17) is 5.73 Å². The molecule has 2 rings (SSSR count). The highest BCUT2D eigenvalue weighted by Crippen LogP contribution is 2.44. The Morgan fingerprint density at radius 2 is 2.33 bits per heavy atom. The molecule has 1 heterocycles. The molecule has 0 radical (unpaired) electrons. The van der Waals surface area contributed by atoms with E-state index < -0.39 is 0 Å². The van der Waals surface area contributed by atoms with Crippen LogP contribution in [-0.2, 0) is 6.54 Å². The number of carbonyl (C=O) groups excluding carboxylic acids is 1. The van der Waals surface area contributed by atoms with Gasteiger partial charge in [-0.25, -0.2) is 0 Å². The first-order valence-electron chi connectivity index (χ1n) is 6.56. The zero-order valence-corrected chi connectivity index (χ0v) is 11.2. The van der Waals surface area contributed by atoms with Gasteiger partial charge in [-0.3, -0.25) is 9.48 Å². The van der Waals surface area contributed by atoms with Crippen LogP contribution in [0, 0.1) is 12.3 Å². The number of amides is 1. The highest BCUT2D eigenvalue weighted by molar-refractivity contribution is 5.95. The Bertz CT molecular complexity index is 434. The van der Waals surface area contributed by atoms with Crippen LogP contribution in [-0.4, -0.2) is 28.8 Å². The van der Waals surface area contributed by atoms with E-state index in [-0.39, 0.29) is 5.91 Å². The van der Waals surface area contributed by atoms with Crippen molar-refractivity contribution in [1.29, 1.82) is 0 Å². The molecule has 1 aliphatic rings. The summed E-state index contributed by atoms with van der Waals surface area (Å²) in [5.74, 6) is -0.0142. The van der Waals surface area contributed by atoms with Crippen LogP contribution in [0.4, 0.5) is 0 Å². The number of nitrogens with zero attached hydrogens (tertiary/aromatic N) is 2. The normalized spacial score (nSPS) is 16.6. The maximum absolute atomic E-state index is 12.0. The van der Waals surface area contributed by atoms with Crippen LogP contribution in [0.1, 0.15) is 42.2 Å². The van der Waals surface area contributed by atoms with Crippen molar-refractivity contribution in [1.82, 2.24) is 15.1 Å². The summed E-state index contributed by atoms with van der Waals surface area (Å²) in [6, 6.07) is 0. The predicted octanol–water partition coefficient (Wildman–Crippen LogP) is 1.07. The van der Waals surface area contributed by atoms with Gasteiger partial charge in [-0.2, -0.15) is 5.10 Å². The molecule has 3 N–H and O–H groups in total. The second-order valence-electron chi connectivity index (χ2n) is 5.50. The van der Waals surface area contributed by atoms with Crippen molar-refractivity contribution in [3.63, 3.8) is 0 Å². The molecule has 1 aromatic rings. The second kappa shape index (κ2) is 5.10. The van der Waals surface area contributed by atoms with Crippen LogP contribution in [0.3, 0.4) is 0 Å². The molecule has 1 aliphatic carbocycles. The van der Waals surface area contributed by atoms with Gasteiger partial charge in [0, 0.05) is 18.8 Å². The molecule has 0 bridgehead atoms. The number of rotatable bonds is 6. The lowest BCUT2D eigenvalue weighted by atomic mass is 10.1. The van der Waals surface area contributed by atoms with Gasteiger partial charge in [0.1, 0.15) is 0 Å². The van der Waals surface area contributed by atoms with Gasteiger partial charge in [0.15, 0.2) is 0 Å². The molecule has 0 aromatic carbocycles. The van der Waals surface area contributed by atoms with Crippen LogP contribution in [0.5, 0.6) is 0 Å². The maximum atomic E-state index is 12.0. The Morgan fingerprint density at radius 1 is 1.61 bits per heavy atom. The van der Waals surface area contributed by atoms with Crippen molar-refractivity contribution in [3.05, 3.63) is 17.5 Å². The number of nitrogens with one attached hydrogen (secondary N) is 1. The van der Waals surface area contributed by atoms with E-state index in [1.165, 1.54) is 12.8 Å². The fraction of sp³-hybridized carbons (Fsp3) is 0.692. The fourth-order valence-electron chi connectivity index (χ4n) is 1.91. The van der Waals surface area contributed by atoms with E-state index >= 15 is 0 Å². The van der Waals surface area contributed by atoms with Crippen molar-refractivity contribution >= 4 is 5.91 Å². The number of carbonyl (C=O) groups is 1. The summed E-state index contributed by atoms with van der Waals surface area (Å²) < 4.78 is 1.85. The Kier molecular flexibility index (Phi) is 3.71. The van der Waals surface area contributed by atoms with E-state index in [9.17, 15) is 4.79 Å². The van der Waals surface area contributed by atoms with E-state index in [0.29, 0.717) is 17.5 Å². The molecule has 0 unspecified atom stereocenters. The maximum Gasteiger partial charge on any atom is 0.254 e. The van der Waals surface area contributed by atoms with Crippen molar-refractivity contribution < 1.29 is 4.79 Å². The molecule has 0 spiro atoms. The lowest BCUT2D eigenvalue weighted by Crippen LogP contribution is -2.29. The fourth-order valence-corrected chi connectivity index (χ4v) is 1.91. The average Bonchev–Trinajstić information content (AvgIpc) is 2.98. The van der Waals surface area contributed by atoms with Crippen molar-refractivity contribution in [2.45, 2.75) is 39.7 Å². The lowest BCUT2D eigenvalue weighted by molar-refractivity contribution is 0.0945. The lowest BCUT2D eigenvalue weighted by Gasteiger charge is -2.10. The standard InChI is InChI=1S/C13H22N4O/c1-10-11(8-16-17(10)7-3-6-14)12(18)15-9-13(2)4-5-13/h8H,3-7,9,14H2,1-2H3,(H,15,18). The van der Waals surface area contributed by atoms with Gasteiger partial charge in [-0.1, -0.05) is 6.92 Å². The third-order valence-electron chi connectivity index (χ3n) is 3.70. The van der Waals surface area contributed by atoms with E-state index in [2.05, 4.69) is 17.3 Å². The van der Waals surface area contributed by atoms with Gasteiger partial charge in [0.05, 0.1) is 11.8 Å². The van der Waals surface area contributed by atoms with Crippen LogP contribution in [0.2, 0.25) is 0 Å². The number of nitrogens with two attached hydrogens (primary N) is 1. The van der Waals surface area contributed by atoms with Crippen LogP contribution >= 0.6 is 0 Å². The van der Waals surface area contributed by atoms with Gasteiger partial charge in [0.25, 0.3) is 5.91 Å². The highest BCUT2D eigenvalue weighted by Gasteiger charge is 2.37. The average molecular weight is 250 g/mol. The molecule has 1 saturated carbocycles. The first kappa shape index (κ1) is 13.1. The molecule has 5 nitrogen and oxygen atoms in total. The summed E-state index contributed by atoms with van der Waals surface area (Å²) >= 11 is 0. The summed E-state index contributed by atoms with van der Waals surface area (Å²) in [5.41, 5.74) is 7.40. The minimum Gasteiger partial charge on any atom is -0.351 e. The molecular weight excluding hydrogens is 228 g/mol. The molecule has 1 fully saturated rings. The Balaban J connectivity index is 1.94. The van der Waals surface area contributed by atoms with Gasteiger partial charge < -0.3 is 11.1 Å². The Labute approximate surface area is 108 Å². The topological polar surface area (TPSA) is 72.9 Å². The van der Waals surface area contributed by atoms with Crippen LogP contribution in [0.15, 0.2) is 6.20 Å². The van der Waals surface area contributed by atoms with Gasteiger partial charge in [-0.05, 0) is 38.1 Å². The van der Waals surface area contributed by atoms with E-state index in [1.54, 1.807) is 6.20 Å². The number of hydrogen-bond donors (Lipinski definition) is 2. The number of aromatic nitrogens is 2. The van der Waals surface area contributed by atoms with Gasteiger partial charge in [-0.15, -0.1) is 0 Å². The van der Waals surface area contributed by atoms with Gasteiger partial charge >= 0.3 is 0 Å². The largest absolute Gasteiger partial charge is 0.351 e. The smallest absolute Gasteiger partial charge is 0.254 e.